The Labute approximate surface area is 287 Å². The van der Waals surface area contributed by atoms with Gasteiger partial charge in [-0.25, -0.2) is 4.79 Å². The smallest absolute Gasteiger partial charge is 0.407 e. The highest BCUT2D eigenvalue weighted by atomic mass is 32.2. The van der Waals surface area contributed by atoms with Crippen LogP contribution < -0.4 is 16.0 Å². The summed E-state index contributed by atoms with van der Waals surface area (Å²) in [6.45, 7) is 12.6. The molecule has 4 aromatic rings. The molecule has 0 aliphatic heterocycles. The Kier molecular flexibility index (Phi) is 14.0. The van der Waals surface area contributed by atoms with Crippen LogP contribution in [0.15, 0.2) is 121 Å². The van der Waals surface area contributed by atoms with E-state index >= 15 is 0 Å². The van der Waals surface area contributed by atoms with Gasteiger partial charge in [-0.1, -0.05) is 142 Å². The highest BCUT2D eigenvalue weighted by molar-refractivity contribution is 8.00. The van der Waals surface area contributed by atoms with Crippen LogP contribution >= 0.6 is 11.8 Å². The zero-order valence-electron chi connectivity index (χ0n) is 28.7. The van der Waals surface area contributed by atoms with Gasteiger partial charge < -0.3 is 20.7 Å². The van der Waals surface area contributed by atoms with E-state index in [1.807, 2.05) is 32.5 Å². The van der Waals surface area contributed by atoms with Gasteiger partial charge in [0.25, 0.3) is 0 Å². The lowest BCUT2D eigenvalue weighted by Crippen LogP contribution is -2.51. The summed E-state index contributed by atoms with van der Waals surface area (Å²) in [5.41, 5.74) is 4.36. The van der Waals surface area contributed by atoms with Crippen LogP contribution in [0.3, 0.4) is 0 Å². The maximum Gasteiger partial charge on any atom is 0.407 e. The first kappa shape index (κ1) is 36.3. The molecule has 0 unspecified atom stereocenters. The van der Waals surface area contributed by atoms with Gasteiger partial charge in [0.15, 0.2) is 0 Å². The average molecular weight is 652 g/mol. The lowest BCUT2D eigenvalue weighted by atomic mass is 9.84. The molecule has 6 heteroatoms. The number of rotatable bonds is 17. The van der Waals surface area contributed by atoms with Gasteiger partial charge in [0.1, 0.15) is 5.60 Å². The van der Waals surface area contributed by atoms with Crippen molar-refractivity contribution < 1.29 is 9.53 Å². The van der Waals surface area contributed by atoms with Crippen molar-refractivity contribution in [3.05, 3.63) is 144 Å². The van der Waals surface area contributed by atoms with E-state index in [0.29, 0.717) is 18.2 Å². The van der Waals surface area contributed by atoms with Crippen molar-refractivity contribution in [2.24, 2.45) is 5.92 Å². The van der Waals surface area contributed by atoms with Crippen molar-refractivity contribution in [1.29, 1.82) is 0 Å². The Morgan fingerprint density at radius 1 is 0.745 bits per heavy atom. The minimum absolute atomic E-state index is 0.179. The SMILES string of the molecule is CC[C@H](C)[C@@H](CNCCc1ccccc1)NC[C@H](CSC(c1ccccc1)(c1ccccc1)c1ccccc1)NC(=O)OC(C)(C)C. The molecular weight excluding hydrogens is 599 g/mol. The Morgan fingerprint density at radius 2 is 1.23 bits per heavy atom. The highest BCUT2D eigenvalue weighted by Crippen LogP contribution is 2.48. The lowest BCUT2D eigenvalue weighted by molar-refractivity contribution is 0.0508. The molecule has 4 rings (SSSR count). The molecule has 47 heavy (non-hydrogen) atoms. The van der Waals surface area contributed by atoms with Crippen LogP contribution in [0.25, 0.3) is 0 Å². The quantitative estimate of drug-likeness (QED) is 0.0790. The van der Waals surface area contributed by atoms with Crippen LogP contribution in [-0.2, 0) is 15.9 Å². The van der Waals surface area contributed by atoms with Crippen molar-refractivity contribution in [3.63, 3.8) is 0 Å². The van der Waals surface area contributed by atoms with E-state index in [1.54, 1.807) is 0 Å². The molecule has 0 saturated heterocycles. The van der Waals surface area contributed by atoms with Gasteiger partial charge in [-0.3, -0.25) is 0 Å². The molecule has 0 aromatic heterocycles. The first-order chi connectivity index (χ1) is 22.7. The predicted octanol–water partition coefficient (Wildman–Crippen LogP) is 8.44. The number of benzene rings is 4. The molecule has 5 nitrogen and oxygen atoms in total. The second-order valence-electron chi connectivity index (χ2n) is 13.3. The summed E-state index contributed by atoms with van der Waals surface area (Å²) in [4.78, 5) is 13.2. The summed E-state index contributed by atoms with van der Waals surface area (Å²) in [6, 6.07) is 42.8. The average Bonchev–Trinajstić information content (AvgIpc) is 3.08. The summed E-state index contributed by atoms with van der Waals surface area (Å²) in [5.74, 6) is 1.13. The van der Waals surface area contributed by atoms with Crippen LogP contribution in [0.5, 0.6) is 0 Å². The van der Waals surface area contributed by atoms with E-state index in [-0.39, 0.29) is 12.1 Å². The Balaban J connectivity index is 1.57. The van der Waals surface area contributed by atoms with Crippen LogP contribution in [0.1, 0.15) is 63.3 Å². The molecular formula is C41H53N3O2S. The van der Waals surface area contributed by atoms with Gasteiger partial charge in [0.2, 0.25) is 0 Å². The normalized spacial score (nSPS) is 13.8. The third-order valence-corrected chi connectivity index (χ3v) is 10.2. The van der Waals surface area contributed by atoms with Gasteiger partial charge in [-0.05, 0) is 61.9 Å². The molecule has 0 aliphatic carbocycles. The van der Waals surface area contributed by atoms with Gasteiger partial charge in [-0.2, -0.15) is 0 Å². The molecule has 1 amide bonds. The first-order valence-electron chi connectivity index (χ1n) is 17.0. The molecule has 4 aromatic carbocycles. The van der Waals surface area contributed by atoms with Crippen LogP contribution in [0.4, 0.5) is 4.79 Å². The van der Waals surface area contributed by atoms with Crippen LogP contribution in [-0.4, -0.2) is 49.2 Å². The van der Waals surface area contributed by atoms with Crippen molar-refractivity contribution in [3.8, 4) is 0 Å². The zero-order chi connectivity index (χ0) is 33.5. The monoisotopic (exact) mass is 651 g/mol. The summed E-state index contributed by atoms with van der Waals surface area (Å²) in [6.07, 6.45) is 1.67. The molecule has 0 bridgehead atoms. The summed E-state index contributed by atoms with van der Waals surface area (Å²) < 4.78 is 5.27. The third kappa shape index (κ3) is 11.0. The molecule has 250 valence electrons. The standard InChI is InChI=1S/C41H53N3O2S/c1-6-32(2)38(30-42-28-27-33-19-11-7-12-20-33)43-29-37(44-39(45)46-40(3,4)5)31-47-41(34-21-13-8-14-22-34,35-23-15-9-16-24-35)36-25-17-10-18-26-36/h7-26,32,37-38,42-43H,6,27-31H2,1-5H3,(H,44,45)/t32-,37+,38+/m0/s1. The summed E-state index contributed by atoms with van der Waals surface area (Å²) in [5, 5.41) is 10.8. The minimum atomic E-state index is -0.584. The maximum absolute atomic E-state index is 13.2. The van der Waals surface area contributed by atoms with E-state index in [9.17, 15) is 4.79 Å². The Bertz CT molecular complexity index is 1350. The van der Waals surface area contributed by atoms with Gasteiger partial charge in [0, 0.05) is 24.9 Å². The number of hydrogen-bond donors (Lipinski definition) is 3. The van der Waals surface area contributed by atoms with E-state index in [2.05, 4.69) is 151 Å². The van der Waals surface area contributed by atoms with Crippen molar-refractivity contribution in [2.75, 3.05) is 25.4 Å². The Hall–Kier alpha value is -3.58. The summed E-state index contributed by atoms with van der Waals surface area (Å²) >= 11 is 1.86. The molecule has 0 heterocycles. The number of carbonyl (C=O) groups excluding carboxylic acids is 1. The number of ether oxygens (including phenoxy) is 1. The fraction of sp³-hybridized carbons (Fsp3) is 0.390. The number of carbonyl (C=O) groups is 1. The largest absolute Gasteiger partial charge is 0.444 e. The highest BCUT2D eigenvalue weighted by Gasteiger charge is 2.38. The number of thioether (sulfide) groups is 1. The third-order valence-electron chi connectivity index (χ3n) is 8.52. The van der Waals surface area contributed by atoms with Crippen LogP contribution in [0, 0.1) is 5.92 Å². The molecule has 3 atom stereocenters. The Morgan fingerprint density at radius 3 is 1.70 bits per heavy atom. The van der Waals surface area contributed by atoms with Crippen LogP contribution in [0.2, 0.25) is 0 Å². The van der Waals surface area contributed by atoms with Gasteiger partial charge in [-0.15, -0.1) is 11.8 Å². The first-order valence-corrected chi connectivity index (χ1v) is 18.0. The van der Waals surface area contributed by atoms with Gasteiger partial charge in [0.05, 0.1) is 10.8 Å². The number of nitrogens with one attached hydrogen (secondary N) is 3. The molecule has 3 N–H and O–H groups in total. The zero-order valence-corrected chi connectivity index (χ0v) is 29.6. The van der Waals surface area contributed by atoms with Crippen molar-refractivity contribution in [1.82, 2.24) is 16.0 Å². The number of alkyl carbamates (subject to hydrolysis) is 1. The van der Waals surface area contributed by atoms with E-state index in [4.69, 9.17) is 4.74 Å². The van der Waals surface area contributed by atoms with E-state index < -0.39 is 16.4 Å². The predicted molar refractivity (Wildman–Crippen MR) is 199 cm³/mol. The number of amides is 1. The fourth-order valence-corrected chi connectivity index (χ4v) is 7.37. The second kappa shape index (κ2) is 18.1. The minimum Gasteiger partial charge on any atom is -0.444 e. The molecule has 0 spiro atoms. The lowest BCUT2D eigenvalue weighted by Gasteiger charge is -2.37. The molecule has 0 fully saturated rings. The van der Waals surface area contributed by atoms with E-state index in [1.165, 1.54) is 22.3 Å². The molecule has 0 aliphatic rings. The van der Waals surface area contributed by atoms with Gasteiger partial charge >= 0.3 is 6.09 Å². The topological polar surface area (TPSA) is 62.4 Å². The maximum atomic E-state index is 13.2. The van der Waals surface area contributed by atoms with Crippen molar-refractivity contribution >= 4 is 17.9 Å². The molecule has 0 radical (unpaired) electrons. The van der Waals surface area contributed by atoms with E-state index in [0.717, 1.165) is 25.9 Å². The summed E-state index contributed by atoms with van der Waals surface area (Å²) in [7, 11) is 0. The number of hydrogen-bond acceptors (Lipinski definition) is 5. The van der Waals surface area contributed by atoms with Crippen molar-refractivity contribution in [2.45, 2.75) is 69.9 Å². The molecule has 0 saturated carbocycles. The fourth-order valence-electron chi connectivity index (χ4n) is 5.81. The second-order valence-corrected chi connectivity index (χ2v) is 14.5.